The van der Waals surface area contributed by atoms with E-state index in [1.165, 1.54) is 24.8 Å². The Kier molecular flexibility index (Phi) is 4.27. The number of aryl methyl sites for hydroxylation is 1. The summed E-state index contributed by atoms with van der Waals surface area (Å²) in [7, 11) is 0. The van der Waals surface area contributed by atoms with Crippen molar-refractivity contribution < 1.29 is 13.6 Å². The standard InChI is InChI=1S/C11H12F2OS/c1-7-5-8(10(13)6-9(7)12)11(14)3-4-15-2/h5-6H,3-4H2,1-2H3. The van der Waals surface area contributed by atoms with Gasteiger partial charge in [-0.25, -0.2) is 8.78 Å². The lowest BCUT2D eigenvalue weighted by molar-refractivity contribution is 0.0985. The lowest BCUT2D eigenvalue weighted by atomic mass is 10.1. The van der Waals surface area contributed by atoms with Crippen LogP contribution in [0.1, 0.15) is 22.3 Å². The Hall–Kier alpha value is -0.900. The van der Waals surface area contributed by atoms with Gasteiger partial charge in [-0.15, -0.1) is 0 Å². The molecule has 15 heavy (non-hydrogen) atoms. The minimum Gasteiger partial charge on any atom is -0.294 e. The van der Waals surface area contributed by atoms with Crippen LogP contribution in [0.15, 0.2) is 12.1 Å². The number of benzene rings is 1. The first-order chi connectivity index (χ1) is 7.06. The summed E-state index contributed by atoms with van der Waals surface area (Å²) in [5, 5.41) is 0. The molecule has 0 aliphatic rings. The molecule has 0 spiro atoms. The average Bonchev–Trinajstić information content (AvgIpc) is 2.20. The largest absolute Gasteiger partial charge is 0.294 e. The highest BCUT2D eigenvalue weighted by Gasteiger charge is 2.13. The number of halogens is 2. The van der Waals surface area contributed by atoms with E-state index in [1.807, 2.05) is 6.26 Å². The van der Waals surface area contributed by atoms with Crippen molar-refractivity contribution in [3.63, 3.8) is 0 Å². The maximum atomic E-state index is 13.2. The molecular weight excluding hydrogens is 218 g/mol. The summed E-state index contributed by atoms with van der Waals surface area (Å²) < 4.78 is 26.2. The Morgan fingerprint density at radius 1 is 1.33 bits per heavy atom. The van der Waals surface area contributed by atoms with Crippen molar-refractivity contribution >= 4 is 17.5 Å². The van der Waals surface area contributed by atoms with Gasteiger partial charge in [0.15, 0.2) is 5.78 Å². The Morgan fingerprint density at radius 3 is 2.60 bits per heavy atom. The summed E-state index contributed by atoms with van der Waals surface area (Å²) in [6, 6.07) is 2.04. The number of hydrogen-bond acceptors (Lipinski definition) is 2. The molecule has 0 saturated heterocycles. The fourth-order valence-corrected chi connectivity index (χ4v) is 1.59. The number of carbonyl (C=O) groups excluding carboxylic acids is 1. The van der Waals surface area contributed by atoms with Crippen LogP contribution in [0.4, 0.5) is 8.78 Å². The number of Topliss-reactive ketones (excluding diaryl/α,β-unsaturated/α-hetero) is 1. The second-order valence-electron chi connectivity index (χ2n) is 3.25. The molecule has 1 rings (SSSR count). The molecule has 82 valence electrons. The molecule has 0 saturated carbocycles. The normalized spacial score (nSPS) is 10.4. The minimum absolute atomic E-state index is 0.0112. The summed E-state index contributed by atoms with van der Waals surface area (Å²) in [5.41, 5.74) is 0.284. The van der Waals surface area contributed by atoms with Crippen LogP contribution in [0.5, 0.6) is 0 Å². The molecule has 0 heterocycles. The first-order valence-corrected chi connectivity index (χ1v) is 5.93. The average molecular weight is 230 g/mol. The van der Waals surface area contributed by atoms with E-state index < -0.39 is 11.6 Å². The molecule has 0 aliphatic carbocycles. The molecule has 0 bridgehead atoms. The second-order valence-corrected chi connectivity index (χ2v) is 4.23. The van der Waals surface area contributed by atoms with Crippen LogP contribution < -0.4 is 0 Å². The molecule has 1 aromatic carbocycles. The van der Waals surface area contributed by atoms with Gasteiger partial charge in [-0.05, 0) is 24.8 Å². The predicted octanol–water partition coefficient (Wildman–Crippen LogP) is 3.21. The summed E-state index contributed by atoms with van der Waals surface area (Å²) in [4.78, 5) is 11.5. The molecule has 0 fully saturated rings. The maximum Gasteiger partial charge on any atom is 0.166 e. The van der Waals surface area contributed by atoms with Gasteiger partial charge in [0, 0.05) is 18.2 Å². The third kappa shape index (κ3) is 3.02. The first kappa shape index (κ1) is 12.2. The maximum absolute atomic E-state index is 13.2. The minimum atomic E-state index is -0.774. The van der Waals surface area contributed by atoms with Crippen molar-refractivity contribution in [1.82, 2.24) is 0 Å². The fourth-order valence-electron chi connectivity index (χ4n) is 1.20. The van der Waals surface area contributed by atoms with Crippen LogP contribution in [-0.2, 0) is 0 Å². The van der Waals surface area contributed by atoms with Crippen molar-refractivity contribution in [2.24, 2.45) is 0 Å². The summed E-state index contributed by atoms with van der Waals surface area (Å²) in [6.07, 6.45) is 2.16. The topological polar surface area (TPSA) is 17.1 Å². The zero-order valence-corrected chi connectivity index (χ0v) is 9.46. The van der Waals surface area contributed by atoms with Crippen LogP contribution in [0.25, 0.3) is 0 Å². The van der Waals surface area contributed by atoms with Gasteiger partial charge in [0.05, 0.1) is 5.56 Å². The lowest BCUT2D eigenvalue weighted by Gasteiger charge is -2.04. The molecule has 0 radical (unpaired) electrons. The number of hydrogen-bond donors (Lipinski definition) is 0. The van der Waals surface area contributed by atoms with Crippen LogP contribution in [0, 0.1) is 18.6 Å². The lowest BCUT2D eigenvalue weighted by Crippen LogP contribution is -2.05. The number of ketones is 1. The Balaban J connectivity index is 2.94. The van der Waals surface area contributed by atoms with Gasteiger partial charge in [0.2, 0.25) is 0 Å². The Labute approximate surface area is 91.9 Å². The van der Waals surface area contributed by atoms with Crippen molar-refractivity contribution in [3.8, 4) is 0 Å². The van der Waals surface area contributed by atoms with Gasteiger partial charge >= 0.3 is 0 Å². The second kappa shape index (κ2) is 5.26. The van der Waals surface area contributed by atoms with Gasteiger partial charge in [0.1, 0.15) is 11.6 Å². The van der Waals surface area contributed by atoms with Gasteiger partial charge in [-0.1, -0.05) is 0 Å². The van der Waals surface area contributed by atoms with E-state index in [4.69, 9.17) is 0 Å². The number of carbonyl (C=O) groups is 1. The van der Waals surface area contributed by atoms with Crippen molar-refractivity contribution in [1.29, 1.82) is 0 Å². The summed E-state index contributed by atoms with van der Waals surface area (Å²) in [5.74, 6) is -1.02. The summed E-state index contributed by atoms with van der Waals surface area (Å²) in [6.45, 7) is 1.51. The van der Waals surface area contributed by atoms with Crippen LogP contribution in [0.3, 0.4) is 0 Å². The smallest absolute Gasteiger partial charge is 0.166 e. The van der Waals surface area contributed by atoms with Crippen molar-refractivity contribution in [2.75, 3.05) is 12.0 Å². The first-order valence-electron chi connectivity index (χ1n) is 4.54. The Morgan fingerprint density at radius 2 is 2.00 bits per heavy atom. The van der Waals surface area contributed by atoms with Gasteiger partial charge in [0.25, 0.3) is 0 Å². The van der Waals surface area contributed by atoms with E-state index >= 15 is 0 Å². The fraction of sp³-hybridized carbons (Fsp3) is 0.364. The third-order valence-corrected chi connectivity index (χ3v) is 2.69. The van der Waals surface area contributed by atoms with E-state index in [1.54, 1.807) is 0 Å². The number of thioether (sulfide) groups is 1. The Bertz CT molecular complexity index is 377. The zero-order valence-electron chi connectivity index (χ0n) is 8.64. The van der Waals surface area contributed by atoms with Crippen molar-refractivity contribution in [3.05, 3.63) is 34.9 Å². The molecular formula is C11H12F2OS. The SMILES string of the molecule is CSCCC(=O)c1cc(C)c(F)cc1F. The van der Waals surface area contributed by atoms with E-state index in [-0.39, 0.29) is 17.8 Å². The predicted molar refractivity (Wildman–Crippen MR) is 58.4 cm³/mol. The molecule has 0 amide bonds. The van der Waals surface area contributed by atoms with Crippen LogP contribution in [-0.4, -0.2) is 17.8 Å². The molecule has 0 unspecified atom stereocenters. The van der Waals surface area contributed by atoms with Gasteiger partial charge in [-0.3, -0.25) is 4.79 Å². The highest BCUT2D eigenvalue weighted by molar-refractivity contribution is 7.98. The monoisotopic (exact) mass is 230 g/mol. The van der Waals surface area contributed by atoms with Gasteiger partial charge in [-0.2, -0.15) is 11.8 Å². The quantitative estimate of drug-likeness (QED) is 0.739. The van der Waals surface area contributed by atoms with Gasteiger partial charge < -0.3 is 0 Å². The van der Waals surface area contributed by atoms with Crippen molar-refractivity contribution in [2.45, 2.75) is 13.3 Å². The van der Waals surface area contributed by atoms with E-state index in [2.05, 4.69) is 0 Å². The van der Waals surface area contributed by atoms with E-state index in [0.29, 0.717) is 11.3 Å². The molecule has 4 heteroatoms. The summed E-state index contributed by atoms with van der Waals surface area (Å²) >= 11 is 1.52. The number of rotatable bonds is 4. The van der Waals surface area contributed by atoms with Crippen LogP contribution in [0.2, 0.25) is 0 Å². The highest BCUT2D eigenvalue weighted by Crippen LogP contribution is 2.16. The third-order valence-electron chi connectivity index (χ3n) is 2.08. The molecule has 0 atom stereocenters. The van der Waals surface area contributed by atoms with E-state index in [9.17, 15) is 13.6 Å². The molecule has 0 aromatic heterocycles. The van der Waals surface area contributed by atoms with E-state index in [0.717, 1.165) is 6.07 Å². The molecule has 1 nitrogen and oxygen atoms in total. The van der Waals surface area contributed by atoms with Crippen LogP contribution >= 0.6 is 11.8 Å². The molecule has 0 N–H and O–H groups in total. The highest BCUT2D eigenvalue weighted by atomic mass is 32.2. The molecule has 0 aliphatic heterocycles. The molecule has 1 aromatic rings. The zero-order chi connectivity index (χ0) is 11.4.